The number of aryl methyl sites for hydroxylation is 1. The quantitative estimate of drug-likeness (QED) is 0.875. The van der Waals surface area contributed by atoms with Crippen molar-refractivity contribution in [2.24, 2.45) is 0 Å². The Morgan fingerprint density at radius 2 is 2.06 bits per heavy atom. The van der Waals surface area contributed by atoms with Gasteiger partial charge < -0.3 is 9.88 Å². The lowest BCUT2D eigenvalue weighted by Gasteiger charge is -2.25. The zero-order valence-electron chi connectivity index (χ0n) is 10.8. The summed E-state index contributed by atoms with van der Waals surface area (Å²) >= 11 is 0. The standard InChI is InChI=1S/C14H18N4/c1-3-18-10(2)16-17-14(18)13-8-11-6-4-5-7-12(11)9-15-13/h4-7,13,15H,3,8-9H2,1-2H3/t13-/m0/s1. The Bertz CT molecular complexity index is 559. The molecule has 3 rings (SSSR count). The summed E-state index contributed by atoms with van der Waals surface area (Å²) in [7, 11) is 0. The summed E-state index contributed by atoms with van der Waals surface area (Å²) < 4.78 is 2.19. The molecule has 1 aliphatic rings. The Hall–Kier alpha value is -1.68. The van der Waals surface area contributed by atoms with E-state index in [9.17, 15) is 0 Å². The van der Waals surface area contributed by atoms with Crippen molar-refractivity contribution in [2.45, 2.75) is 39.4 Å². The lowest BCUT2D eigenvalue weighted by molar-refractivity contribution is 0.455. The molecule has 0 saturated heterocycles. The molecule has 2 heterocycles. The minimum Gasteiger partial charge on any atom is -0.314 e. The van der Waals surface area contributed by atoms with Crippen LogP contribution in [-0.4, -0.2) is 14.8 Å². The van der Waals surface area contributed by atoms with Gasteiger partial charge in [0.15, 0.2) is 5.82 Å². The van der Waals surface area contributed by atoms with Crippen molar-refractivity contribution in [3.8, 4) is 0 Å². The number of rotatable bonds is 2. The summed E-state index contributed by atoms with van der Waals surface area (Å²) in [5, 5.41) is 12.1. The van der Waals surface area contributed by atoms with Gasteiger partial charge in [-0.05, 0) is 31.4 Å². The van der Waals surface area contributed by atoms with E-state index in [-0.39, 0.29) is 6.04 Å². The maximum atomic E-state index is 4.33. The number of benzene rings is 1. The average Bonchev–Trinajstić information content (AvgIpc) is 2.79. The van der Waals surface area contributed by atoms with Crippen LogP contribution in [-0.2, 0) is 19.5 Å². The van der Waals surface area contributed by atoms with Gasteiger partial charge in [-0.15, -0.1) is 10.2 Å². The van der Waals surface area contributed by atoms with Crippen LogP contribution >= 0.6 is 0 Å². The molecule has 1 aliphatic heterocycles. The zero-order chi connectivity index (χ0) is 12.5. The summed E-state index contributed by atoms with van der Waals surface area (Å²) in [5.41, 5.74) is 2.82. The Labute approximate surface area is 107 Å². The molecule has 94 valence electrons. The van der Waals surface area contributed by atoms with Crippen LogP contribution in [0.5, 0.6) is 0 Å². The van der Waals surface area contributed by atoms with Gasteiger partial charge >= 0.3 is 0 Å². The molecule has 1 aromatic heterocycles. The predicted octanol–water partition coefficient (Wildman–Crippen LogP) is 1.99. The van der Waals surface area contributed by atoms with Crippen molar-refractivity contribution in [3.05, 3.63) is 47.0 Å². The second-order valence-electron chi connectivity index (χ2n) is 4.76. The van der Waals surface area contributed by atoms with Gasteiger partial charge in [0.05, 0.1) is 6.04 Å². The Balaban J connectivity index is 1.92. The average molecular weight is 242 g/mol. The fraction of sp³-hybridized carbons (Fsp3) is 0.429. The molecule has 2 aromatic rings. The van der Waals surface area contributed by atoms with Crippen LogP contribution in [0.25, 0.3) is 0 Å². The molecule has 1 atom stereocenters. The van der Waals surface area contributed by atoms with Gasteiger partial charge in [0, 0.05) is 13.1 Å². The van der Waals surface area contributed by atoms with Crippen LogP contribution in [0.1, 0.15) is 35.7 Å². The van der Waals surface area contributed by atoms with E-state index in [4.69, 9.17) is 0 Å². The van der Waals surface area contributed by atoms with Crippen LogP contribution in [0, 0.1) is 6.92 Å². The van der Waals surface area contributed by atoms with E-state index in [0.717, 1.165) is 31.2 Å². The monoisotopic (exact) mass is 242 g/mol. The molecule has 0 aliphatic carbocycles. The van der Waals surface area contributed by atoms with Crippen molar-refractivity contribution < 1.29 is 0 Å². The third kappa shape index (κ3) is 1.82. The second kappa shape index (κ2) is 4.53. The number of hydrogen-bond acceptors (Lipinski definition) is 3. The number of nitrogens with zero attached hydrogens (tertiary/aromatic N) is 3. The molecule has 4 heteroatoms. The summed E-state index contributed by atoms with van der Waals surface area (Å²) in [4.78, 5) is 0. The van der Waals surface area contributed by atoms with Gasteiger partial charge in [0.1, 0.15) is 5.82 Å². The van der Waals surface area contributed by atoms with E-state index in [0.29, 0.717) is 0 Å². The lowest BCUT2D eigenvalue weighted by Crippen LogP contribution is -2.30. The van der Waals surface area contributed by atoms with Crippen molar-refractivity contribution in [2.75, 3.05) is 0 Å². The summed E-state index contributed by atoms with van der Waals surface area (Å²) in [5.74, 6) is 2.05. The van der Waals surface area contributed by atoms with Crippen molar-refractivity contribution >= 4 is 0 Å². The molecule has 4 nitrogen and oxygen atoms in total. The summed E-state index contributed by atoms with van der Waals surface area (Å²) in [6.45, 7) is 5.98. The first kappa shape index (κ1) is 11.4. The first-order valence-corrected chi connectivity index (χ1v) is 6.49. The molecule has 0 unspecified atom stereocenters. The molecule has 0 amide bonds. The Morgan fingerprint density at radius 3 is 2.83 bits per heavy atom. The normalized spacial score (nSPS) is 18.7. The fourth-order valence-electron chi connectivity index (χ4n) is 2.68. The number of nitrogens with one attached hydrogen (secondary N) is 1. The van der Waals surface area contributed by atoms with Crippen LogP contribution in [0.4, 0.5) is 0 Å². The summed E-state index contributed by atoms with van der Waals surface area (Å²) in [6.07, 6.45) is 0.994. The van der Waals surface area contributed by atoms with E-state index in [1.54, 1.807) is 0 Å². The lowest BCUT2D eigenvalue weighted by atomic mass is 9.95. The molecule has 18 heavy (non-hydrogen) atoms. The summed E-state index contributed by atoms with van der Waals surface area (Å²) in [6, 6.07) is 8.88. The number of fused-ring (bicyclic) bond motifs is 1. The topological polar surface area (TPSA) is 42.7 Å². The minimum absolute atomic E-state index is 0.279. The van der Waals surface area contributed by atoms with Gasteiger partial charge in [-0.3, -0.25) is 0 Å². The smallest absolute Gasteiger partial charge is 0.150 e. The maximum absolute atomic E-state index is 4.33. The third-order valence-corrected chi connectivity index (χ3v) is 3.67. The van der Waals surface area contributed by atoms with Gasteiger partial charge in [0.2, 0.25) is 0 Å². The van der Waals surface area contributed by atoms with Crippen molar-refractivity contribution in [3.63, 3.8) is 0 Å². The Kier molecular flexibility index (Phi) is 2.88. The third-order valence-electron chi connectivity index (χ3n) is 3.67. The minimum atomic E-state index is 0.279. The van der Waals surface area contributed by atoms with Crippen LogP contribution < -0.4 is 5.32 Å². The molecular formula is C14H18N4. The highest BCUT2D eigenvalue weighted by molar-refractivity contribution is 5.30. The Morgan fingerprint density at radius 1 is 1.28 bits per heavy atom. The van der Waals surface area contributed by atoms with E-state index in [2.05, 4.69) is 51.3 Å². The van der Waals surface area contributed by atoms with E-state index in [1.807, 2.05) is 6.92 Å². The van der Waals surface area contributed by atoms with E-state index < -0.39 is 0 Å². The first-order valence-electron chi connectivity index (χ1n) is 6.49. The van der Waals surface area contributed by atoms with Gasteiger partial charge in [-0.1, -0.05) is 24.3 Å². The van der Waals surface area contributed by atoms with E-state index in [1.165, 1.54) is 11.1 Å². The van der Waals surface area contributed by atoms with Crippen LogP contribution in [0.2, 0.25) is 0 Å². The molecular weight excluding hydrogens is 224 g/mol. The van der Waals surface area contributed by atoms with Crippen LogP contribution in [0.3, 0.4) is 0 Å². The molecule has 0 radical (unpaired) electrons. The molecule has 1 aromatic carbocycles. The second-order valence-corrected chi connectivity index (χ2v) is 4.76. The van der Waals surface area contributed by atoms with Crippen molar-refractivity contribution in [1.29, 1.82) is 0 Å². The predicted molar refractivity (Wildman–Crippen MR) is 70.2 cm³/mol. The fourth-order valence-corrected chi connectivity index (χ4v) is 2.68. The van der Waals surface area contributed by atoms with Crippen LogP contribution in [0.15, 0.2) is 24.3 Å². The number of aromatic nitrogens is 3. The highest BCUT2D eigenvalue weighted by Gasteiger charge is 2.23. The van der Waals surface area contributed by atoms with Gasteiger partial charge in [-0.2, -0.15) is 0 Å². The molecule has 0 spiro atoms. The molecule has 1 N–H and O–H groups in total. The first-order chi connectivity index (χ1) is 8.79. The zero-order valence-corrected chi connectivity index (χ0v) is 10.8. The number of hydrogen-bond donors (Lipinski definition) is 1. The van der Waals surface area contributed by atoms with E-state index >= 15 is 0 Å². The highest BCUT2D eigenvalue weighted by Crippen LogP contribution is 2.25. The SMILES string of the molecule is CCn1c(C)nnc1[C@@H]1Cc2ccccc2CN1. The molecule has 0 saturated carbocycles. The molecule has 0 bridgehead atoms. The highest BCUT2D eigenvalue weighted by atomic mass is 15.3. The van der Waals surface area contributed by atoms with Gasteiger partial charge in [0.25, 0.3) is 0 Å². The molecule has 0 fully saturated rings. The van der Waals surface area contributed by atoms with Gasteiger partial charge in [-0.25, -0.2) is 0 Å². The van der Waals surface area contributed by atoms with Crippen molar-refractivity contribution in [1.82, 2.24) is 20.1 Å². The maximum Gasteiger partial charge on any atom is 0.150 e. The largest absolute Gasteiger partial charge is 0.314 e.